The maximum absolute atomic E-state index is 11.2. The fourth-order valence-electron chi connectivity index (χ4n) is 1.78. The summed E-state index contributed by atoms with van der Waals surface area (Å²) >= 11 is 11.7. The van der Waals surface area contributed by atoms with Crippen LogP contribution in [0.25, 0.3) is 16.7 Å². The summed E-state index contributed by atoms with van der Waals surface area (Å²) in [5.41, 5.74) is 1.39. The number of nitrogens with one attached hydrogen (secondary N) is 1. The second-order valence-electron chi connectivity index (χ2n) is 4.35. The highest BCUT2D eigenvalue weighted by Gasteiger charge is 2.10. The van der Waals surface area contributed by atoms with Crippen molar-refractivity contribution in [2.45, 2.75) is 0 Å². The van der Waals surface area contributed by atoms with Gasteiger partial charge in [0.1, 0.15) is 11.3 Å². The van der Waals surface area contributed by atoms with Crippen LogP contribution in [0.3, 0.4) is 0 Å². The third kappa shape index (κ3) is 3.10. The maximum Gasteiger partial charge on any atom is 0.232 e. The van der Waals surface area contributed by atoms with Gasteiger partial charge in [0.2, 0.25) is 5.89 Å². The minimum Gasteiger partial charge on any atom is -0.436 e. The molecule has 5 nitrogen and oxygen atoms in total. The highest BCUT2D eigenvalue weighted by atomic mass is 35.5. The predicted octanol–water partition coefficient (Wildman–Crippen LogP) is 4.18. The van der Waals surface area contributed by atoms with Crippen LogP contribution < -0.4 is 5.32 Å². The first kappa shape index (κ1) is 14.6. The van der Waals surface area contributed by atoms with Crippen LogP contribution in [-0.2, 0) is 4.79 Å². The van der Waals surface area contributed by atoms with Crippen LogP contribution in [0.1, 0.15) is 5.89 Å². The summed E-state index contributed by atoms with van der Waals surface area (Å²) in [6.45, 7) is 0. The van der Waals surface area contributed by atoms with Gasteiger partial charge in [-0.05, 0) is 30.3 Å². The molecule has 0 fully saturated rings. The monoisotopic (exact) mass is 333 g/mol. The molecule has 0 aliphatic rings. The van der Waals surface area contributed by atoms with Gasteiger partial charge in [0, 0.05) is 17.4 Å². The number of anilines is 1. The lowest BCUT2D eigenvalue weighted by atomic mass is 10.3. The van der Waals surface area contributed by atoms with E-state index in [2.05, 4.69) is 15.3 Å². The fourth-order valence-corrected chi connectivity index (χ4v) is 2.06. The van der Waals surface area contributed by atoms with Crippen molar-refractivity contribution < 1.29 is 9.21 Å². The Morgan fingerprint density at radius 3 is 2.73 bits per heavy atom. The van der Waals surface area contributed by atoms with Crippen LogP contribution in [0.2, 0.25) is 10.0 Å². The number of carbonyl (C=O) groups excluding carboxylic acids is 1. The van der Waals surface area contributed by atoms with Crippen LogP contribution in [0.15, 0.2) is 47.1 Å². The molecule has 7 heteroatoms. The van der Waals surface area contributed by atoms with E-state index in [0.29, 0.717) is 33.2 Å². The Morgan fingerprint density at radius 2 is 2.00 bits per heavy atom. The van der Waals surface area contributed by atoms with Crippen molar-refractivity contribution in [1.29, 1.82) is 0 Å². The summed E-state index contributed by atoms with van der Waals surface area (Å²) in [5, 5.41) is 3.97. The minimum atomic E-state index is 0.203. The van der Waals surface area contributed by atoms with Crippen molar-refractivity contribution in [2.24, 2.45) is 0 Å². The van der Waals surface area contributed by atoms with Crippen LogP contribution in [0.4, 0.5) is 5.82 Å². The van der Waals surface area contributed by atoms with Crippen molar-refractivity contribution in [2.75, 3.05) is 5.32 Å². The third-order valence-electron chi connectivity index (χ3n) is 2.83. The first-order chi connectivity index (χ1) is 10.7. The Kier molecular flexibility index (Phi) is 4.09. The molecule has 0 amide bonds. The molecule has 0 bridgehead atoms. The van der Waals surface area contributed by atoms with Gasteiger partial charge < -0.3 is 9.73 Å². The van der Waals surface area contributed by atoms with Crippen LogP contribution >= 0.6 is 23.2 Å². The molecule has 0 saturated carbocycles. The van der Waals surface area contributed by atoms with E-state index in [1.807, 2.05) is 0 Å². The van der Waals surface area contributed by atoms with Crippen molar-refractivity contribution >= 4 is 52.0 Å². The lowest BCUT2D eigenvalue weighted by Gasteiger charge is -2.00. The van der Waals surface area contributed by atoms with Crippen LogP contribution in [0, 0.1) is 0 Å². The van der Waals surface area contributed by atoms with Gasteiger partial charge in [-0.1, -0.05) is 23.2 Å². The Labute approximate surface area is 135 Å². The summed E-state index contributed by atoms with van der Waals surface area (Å²) in [5.74, 6) is 0.747. The number of aromatic nitrogens is 2. The third-order valence-corrected chi connectivity index (χ3v) is 3.29. The average molecular weight is 334 g/mol. The number of pyridine rings is 1. The largest absolute Gasteiger partial charge is 0.436 e. The summed E-state index contributed by atoms with van der Waals surface area (Å²) < 4.78 is 5.53. The van der Waals surface area contributed by atoms with Gasteiger partial charge in [-0.3, -0.25) is 4.79 Å². The SMILES string of the molecule is O=CC(=CNc1ccc(Cl)cn1)c1nc2cc(Cl)ccc2o1. The number of benzene rings is 1. The molecular weight excluding hydrogens is 325 g/mol. The number of allylic oxidation sites excluding steroid dienone is 1. The molecule has 2 heterocycles. The number of carbonyl (C=O) groups is 1. The molecule has 2 aromatic heterocycles. The highest BCUT2D eigenvalue weighted by molar-refractivity contribution is 6.31. The summed E-state index contributed by atoms with van der Waals surface area (Å²) in [4.78, 5) is 19.5. The first-order valence-corrected chi connectivity index (χ1v) is 7.01. The fraction of sp³-hybridized carbons (Fsp3) is 0. The van der Waals surface area contributed by atoms with Crippen molar-refractivity contribution in [1.82, 2.24) is 9.97 Å². The summed E-state index contributed by atoms with van der Waals surface area (Å²) in [6.07, 6.45) is 3.62. The van der Waals surface area contributed by atoms with E-state index < -0.39 is 0 Å². The molecule has 0 atom stereocenters. The molecule has 1 N–H and O–H groups in total. The Morgan fingerprint density at radius 1 is 1.18 bits per heavy atom. The summed E-state index contributed by atoms with van der Waals surface area (Å²) in [6, 6.07) is 8.43. The summed E-state index contributed by atoms with van der Waals surface area (Å²) in [7, 11) is 0. The number of halogens is 2. The Balaban J connectivity index is 1.89. The first-order valence-electron chi connectivity index (χ1n) is 6.25. The number of hydrogen-bond acceptors (Lipinski definition) is 5. The molecule has 0 aliphatic carbocycles. The van der Waals surface area contributed by atoms with E-state index in [0.717, 1.165) is 0 Å². The van der Waals surface area contributed by atoms with Crippen molar-refractivity contribution in [3.05, 3.63) is 58.7 Å². The van der Waals surface area contributed by atoms with Gasteiger partial charge >= 0.3 is 0 Å². The standard InChI is InChI=1S/C15H9Cl2N3O2/c16-10-1-3-13-12(5-10)20-15(22-13)9(8-21)6-18-14-4-2-11(17)7-19-14/h1-8H,(H,18,19). The number of nitrogens with zero attached hydrogens (tertiary/aromatic N) is 2. The lowest BCUT2D eigenvalue weighted by molar-refractivity contribution is -0.103. The Hall–Kier alpha value is -2.37. The molecule has 0 spiro atoms. The molecule has 22 heavy (non-hydrogen) atoms. The zero-order valence-electron chi connectivity index (χ0n) is 11.1. The Bertz CT molecular complexity index is 857. The van der Waals surface area contributed by atoms with Crippen LogP contribution in [-0.4, -0.2) is 16.3 Å². The zero-order chi connectivity index (χ0) is 15.5. The number of aldehydes is 1. The number of rotatable bonds is 4. The van der Waals surface area contributed by atoms with Gasteiger partial charge in [-0.2, -0.15) is 0 Å². The van der Waals surface area contributed by atoms with Gasteiger partial charge in [0.15, 0.2) is 11.9 Å². The molecule has 3 rings (SSSR count). The molecule has 0 saturated heterocycles. The maximum atomic E-state index is 11.2. The topological polar surface area (TPSA) is 68.0 Å². The van der Waals surface area contributed by atoms with E-state index in [1.54, 1.807) is 30.3 Å². The van der Waals surface area contributed by atoms with Gasteiger partial charge in [-0.15, -0.1) is 0 Å². The smallest absolute Gasteiger partial charge is 0.232 e. The molecule has 0 unspecified atom stereocenters. The van der Waals surface area contributed by atoms with Crippen molar-refractivity contribution in [3.63, 3.8) is 0 Å². The van der Waals surface area contributed by atoms with Crippen molar-refractivity contribution in [3.8, 4) is 0 Å². The normalized spacial score (nSPS) is 11.6. The van der Waals surface area contributed by atoms with E-state index in [9.17, 15) is 4.79 Å². The molecule has 110 valence electrons. The predicted molar refractivity (Wildman–Crippen MR) is 85.9 cm³/mol. The molecule has 0 radical (unpaired) electrons. The van der Waals surface area contributed by atoms with Gasteiger partial charge in [0.05, 0.1) is 10.6 Å². The van der Waals surface area contributed by atoms with E-state index in [-0.39, 0.29) is 11.5 Å². The number of hydrogen-bond donors (Lipinski definition) is 1. The van der Waals surface area contributed by atoms with E-state index >= 15 is 0 Å². The van der Waals surface area contributed by atoms with E-state index in [4.69, 9.17) is 27.6 Å². The average Bonchev–Trinajstić information content (AvgIpc) is 2.92. The molecule has 3 aromatic rings. The molecule has 0 aliphatic heterocycles. The zero-order valence-corrected chi connectivity index (χ0v) is 12.6. The van der Waals surface area contributed by atoms with Gasteiger partial charge in [0.25, 0.3) is 0 Å². The number of fused-ring (bicyclic) bond motifs is 1. The lowest BCUT2D eigenvalue weighted by Crippen LogP contribution is -1.95. The highest BCUT2D eigenvalue weighted by Crippen LogP contribution is 2.23. The molecule has 1 aromatic carbocycles. The second kappa shape index (κ2) is 6.17. The quantitative estimate of drug-likeness (QED) is 0.573. The van der Waals surface area contributed by atoms with Crippen LogP contribution in [0.5, 0.6) is 0 Å². The van der Waals surface area contributed by atoms with E-state index in [1.165, 1.54) is 12.4 Å². The second-order valence-corrected chi connectivity index (χ2v) is 5.23. The molecular formula is C15H9Cl2N3O2. The van der Waals surface area contributed by atoms with Gasteiger partial charge in [-0.25, -0.2) is 9.97 Å². The minimum absolute atomic E-state index is 0.203. The number of oxazole rings is 1.